The highest BCUT2D eigenvalue weighted by atomic mass is 35.5. The number of hydrogen-bond acceptors (Lipinski definition) is 4. The molecule has 8 heteroatoms. The Bertz CT molecular complexity index is 799. The number of nitrogens with one attached hydrogen (secondary N) is 3. The number of carbonyl (C=O) groups is 2. The Kier molecular flexibility index (Phi) is 7.57. The van der Waals surface area contributed by atoms with Crippen LogP contribution in [0.2, 0.25) is 0 Å². The van der Waals surface area contributed by atoms with E-state index in [9.17, 15) is 14.0 Å². The van der Waals surface area contributed by atoms with Crippen LogP contribution in [0.1, 0.15) is 10.4 Å². The maximum Gasteiger partial charge on any atom is 0.262 e. The Labute approximate surface area is 162 Å². The first-order valence-electron chi connectivity index (χ1n) is 8.38. The Balaban J connectivity index is 0.00000261. The standard InChI is InChI=1S/C19H20FN3O3.ClH/c20-15-6-2-3-7-16(15)23-18(24)12-26-17-8-4-1-5-14(17)19(25)22-11-13-9-21-10-13;/h1-8,13,21H,9-12H2,(H,22,25)(H,23,24);1H. The van der Waals surface area contributed by atoms with Crippen LogP contribution in [0, 0.1) is 11.7 Å². The van der Waals surface area contributed by atoms with Gasteiger partial charge in [-0.2, -0.15) is 0 Å². The molecule has 0 atom stereocenters. The summed E-state index contributed by atoms with van der Waals surface area (Å²) in [5.74, 6) is -0.530. The van der Waals surface area contributed by atoms with Crippen LogP contribution in [0.3, 0.4) is 0 Å². The number of amides is 2. The van der Waals surface area contributed by atoms with Gasteiger partial charge in [0, 0.05) is 25.6 Å². The first-order valence-corrected chi connectivity index (χ1v) is 8.38. The van der Waals surface area contributed by atoms with Gasteiger partial charge in [0.1, 0.15) is 11.6 Å². The van der Waals surface area contributed by atoms with Gasteiger partial charge in [-0.15, -0.1) is 12.4 Å². The maximum atomic E-state index is 13.6. The van der Waals surface area contributed by atoms with Crippen LogP contribution in [0.4, 0.5) is 10.1 Å². The number of benzene rings is 2. The SMILES string of the molecule is Cl.O=C(COc1ccccc1C(=O)NCC1CNC1)Nc1ccccc1F. The molecule has 1 aliphatic heterocycles. The van der Waals surface area contributed by atoms with Crippen molar-refractivity contribution in [3.8, 4) is 5.75 Å². The summed E-state index contributed by atoms with van der Waals surface area (Å²) in [6, 6.07) is 12.6. The van der Waals surface area contributed by atoms with Gasteiger partial charge in [-0.1, -0.05) is 24.3 Å². The smallest absolute Gasteiger partial charge is 0.262 e. The van der Waals surface area contributed by atoms with E-state index in [-0.39, 0.29) is 30.6 Å². The van der Waals surface area contributed by atoms with E-state index < -0.39 is 11.7 Å². The molecule has 6 nitrogen and oxygen atoms in total. The average Bonchev–Trinajstić information content (AvgIpc) is 2.61. The van der Waals surface area contributed by atoms with Crippen LogP contribution >= 0.6 is 12.4 Å². The lowest BCUT2D eigenvalue weighted by atomic mass is 10.0. The van der Waals surface area contributed by atoms with Gasteiger partial charge >= 0.3 is 0 Å². The summed E-state index contributed by atoms with van der Waals surface area (Å²) in [6.07, 6.45) is 0. The predicted molar refractivity (Wildman–Crippen MR) is 103 cm³/mol. The van der Waals surface area contributed by atoms with E-state index in [1.807, 2.05) is 0 Å². The van der Waals surface area contributed by atoms with Crippen LogP contribution in [0.15, 0.2) is 48.5 Å². The molecule has 0 spiro atoms. The average molecular weight is 394 g/mol. The van der Waals surface area contributed by atoms with E-state index in [4.69, 9.17) is 4.74 Å². The Hall–Kier alpha value is -2.64. The van der Waals surface area contributed by atoms with Crippen molar-refractivity contribution < 1.29 is 18.7 Å². The minimum atomic E-state index is -0.522. The van der Waals surface area contributed by atoms with Crippen LogP contribution in [-0.2, 0) is 4.79 Å². The molecule has 0 aromatic heterocycles. The number of hydrogen-bond donors (Lipinski definition) is 3. The second-order valence-electron chi connectivity index (χ2n) is 6.05. The molecule has 1 saturated heterocycles. The third-order valence-electron chi connectivity index (χ3n) is 4.06. The van der Waals surface area contributed by atoms with Gasteiger partial charge in [0.15, 0.2) is 6.61 Å². The monoisotopic (exact) mass is 393 g/mol. The van der Waals surface area contributed by atoms with Gasteiger partial charge in [-0.3, -0.25) is 9.59 Å². The van der Waals surface area contributed by atoms with Gasteiger partial charge in [0.25, 0.3) is 11.8 Å². The normalized spacial score (nSPS) is 13.1. The molecule has 27 heavy (non-hydrogen) atoms. The highest BCUT2D eigenvalue weighted by Gasteiger charge is 2.19. The fraction of sp³-hybridized carbons (Fsp3) is 0.263. The minimum Gasteiger partial charge on any atom is -0.483 e. The highest BCUT2D eigenvalue weighted by molar-refractivity contribution is 5.97. The Morgan fingerprint density at radius 3 is 2.52 bits per heavy atom. The van der Waals surface area contributed by atoms with Crippen molar-refractivity contribution in [3.63, 3.8) is 0 Å². The second-order valence-corrected chi connectivity index (χ2v) is 6.05. The molecule has 0 unspecified atom stereocenters. The van der Waals surface area contributed by atoms with E-state index in [1.165, 1.54) is 18.2 Å². The molecular weight excluding hydrogens is 373 g/mol. The van der Waals surface area contributed by atoms with Gasteiger partial charge in [-0.05, 0) is 24.3 Å². The van der Waals surface area contributed by atoms with Gasteiger partial charge in [0.2, 0.25) is 0 Å². The molecule has 2 aromatic carbocycles. The van der Waals surface area contributed by atoms with Crippen LogP contribution in [-0.4, -0.2) is 38.1 Å². The maximum absolute atomic E-state index is 13.6. The number of carbonyl (C=O) groups excluding carboxylic acids is 2. The van der Waals surface area contributed by atoms with Crippen LogP contribution < -0.4 is 20.7 Å². The summed E-state index contributed by atoms with van der Waals surface area (Å²) < 4.78 is 19.0. The third kappa shape index (κ3) is 5.67. The molecule has 0 radical (unpaired) electrons. The Morgan fingerprint density at radius 1 is 1.11 bits per heavy atom. The van der Waals surface area contributed by atoms with E-state index in [2.05, 4.69) is 16.0 Å². The zero-order valence-electron chi connectivity index (χ0n) is 14.5. The number of ether oxygens (including phenoxy) is 1. The molecule has 1 fully saturated rings. The lowest BCUT2D eigenvalue weighted by Crippen LogP contribution is -2.48. The largest absolute Gasteiger partial charge is 0.483 e. The molecule has 3 N–H and O–H groups in total. The zero-order valence-corrected chi connectivity index (χ0v) is 15.4. The quantitative estimate of drug-likeness (QED) is 0.674. The predicted octanol–water partition coefficient (Wildman–Crippen LogP) is 2.21. The number of rotatable bonds is 7. The van der Waals surface area contributed by atoms with Crippen LogP contribution in [0.25, 0.3) is 0 Å². The van der Waals surface area contributed by atoms with Crippen molar-refractivity contribution in [1.82, 2.24) is 10.6 Å². The van der Waals surface area contributed by atoms with Crippen LogP contribution in [0.5, 0.6) is 5.75 Å². The fourth-order valence-corrected chi connectivity index (χ4v) is 2.50. The third-order valence-corrected chi connectivity index (χ3v) is 4.06. The van der Waals surface area contributed by atoms with Crippen molar-refractivity contribution in [2.24, 2.45) is 5.92 Å². The van der Waals surface area contributed by atoms with Gasteiger partial charge < -0.3 is 20.7 Å². The lowest BCUT2D eigenvalue weighted by Gasteiger charge is -2.27. The first-order chi connectivity index (χ1) is 12.6. The molecule has 0 bridgehead atoms. The second kappa shape index (κ2) is 9.89. The van der Waals surface area contributed by atoms with E-state index in [0.29, 0.717) is 23.8 Å². The van der Waals surface area contributed by atoms with Crippen molar-refractivity contribution in [1.29, 1.82) is 0 Å². The molecule has 1 aliphatic rings. The molecular formula is C19H21ClFN3O3. The fourth-order valence-electron chi connectivity index (χ4n) is 2.50. The summed E-state index contributed by atoms with van der Waals surface area (Å²) >= 11 is 0. The van der Waals surface area contributed by atoms with E-state index in [0.717, 1.165) is 13.1 Å². The molecule has 3 rings (SSSR count). The minimum absolute atomic E-state index is 0. The molecule has 2 aromatic rings. The van der Waals surface area contributed by atoms with Crippen molar-refractivity contribution in [2.75, 3.05) is 31.6 Å². The summed E-state index contributed by atoms with van der Waals surface area (Å²) in [4.78, 5) is 24.3. The molecule has 0 saturated carbocycles. The van der Waals surface area contributed by atoms with Gasteiger partial charge in [-0.25, -0.2) is 4.39 Å². The van der Waals surface area contributed by atoms with Crippen molar-refractivity contribution >= 4 is 29.9 Å². The van der Waals surface area contributed by atoms with Gasteiger partial charge in [0.05, 0.1) is 11.3 Å². The lowest BCUT2D eigenvalue weighted by molar-refractivity contribution is -0.118. The highest BCUT2D eigenvalue weighted by Crippen LogP contribution is 2.18. The summed E-state index contributed by atoms with van der Waals surface area (Å²) in [5.41, 5.74) is 0.444. The molecule has 144 valence electrons. The Morgan fingerprint density at radius 2 is 1.81 bits per heavy atom. The number of anilines is 1. The van der Waals surface area contributed by atoms with Crippen molar-refractivity contribution in [3.05, 3.63) is 59.9 Å². The van der Waals surface area contributed by atoms with E-state index >= 15 is 0 Å². The first kappa shape index (κ1) is 20.7. The summed E-state index contributed by atoms with van der Waals surface area (Å²) in [5, 5.41) is 8.45. The zero-order chi connectivity index (χ0) is 18.4. The number of halogens is 2. The van der Waals surface area contributed by atoms with E-state index in [1.54, 1.807) is 30.3 Å². The molecule has 1 heterocycles. The molecule has 0 aliphatic carbocycles. The molecule has 2 amide bonds. The number of para-hydroxylation sites is 2. The summed E-state index contributed by atoms with van der Waals surface area (Å²) in [7, 11) is 0. The van der Waals surface area contributed by atoms with Crippen molar-refractivity contribution in [2.45, 2.75) is 0 Å². The topological polar surface area (TPSA) is 79.5 Å². The summed E-state index contributed by atoms with van der Waals surface area (Å²) in [6.45, 7) is 2.06.